The molecule has 0 aliphatic rings. The van der Waals surface area contributed by atoms with Crippen LogP contribution in [0, 0.1) is 5.82 Å². The number of amides is 1. The largest absolute Gasteiger partial charge is 0.449 e. The number of rotatable bonds is 3. The number of hydrogen-bond donors (Lipinski definition) is 1. The molecule has 0 aromatic heterocycles. The van der Waals surface area contributed by atoms with Crippen molar-refractivity contribution in [1.82, 2.24) is 5.32 Å². The van der Waals surface area contributed by atoms with Crippen LogP contribution < -0.4 is 5.32 Å². The summed E-state index contributed by atoms with van der Waals surface area (Å²) in [6, 6.07) is 4.95. The lowest BCUT2D eigenvalue weighted by Crippen LogP contribution is -2.46. The van der Waals surface area contributed by atoms with Crippen molar-refractivity contribution in [2.75, 3.05) is 0 Å². The lowest BCUT2D eigenvalue weighted by molar-refractivity contribution is -0.130. The Hall–Kier alpha value is -1.91. The molecule has 1 aromatic rings. The number of hydrogen-bond acceptors (Lipinski definition) is 3. The zero-order valence-electron chi connectivity index (χ0n) is 11.5. The Labute approximate surface area is 112 Å². The number of ether oxygens (including phenoxy) is 1. The molecule has 0 aliphatic heterocycles. The lowest BCUT2D eigenvalue weighted by atomic mass is 10.1. The van der Waals surface area contributed by atoms with Gasteiger partial charge in [-0.3, -0.25) is 4.79 Å². The second kappa shape index (κ2) is 5.82. The van der Waals surface area contributed by atoms with E-state index >= 15 is 0 Å². The van der Waals surface area contributed by atoms with Gasteiger partial charge in [0.05, 0.1) is 5.56 Å². The molecule has 0 heterocycles. The van der Waals surface area contributed by atoms with Crippen LogP contribution >= 0.6 is 0 Å². The molecule has 1 amide bonds. The Balaban J connectivity index is 2.61. The smallest absolute Gasteiger partial charge is 0.338 e. The molecule has 0 bridgehead atoms. The van der Waals surface area contributed by atoms with Crippen molar-refractivity contribution in [3.8, 4) is 0 Å². The van der Waals surface area contributed by atoms with Crippen LogP contribution in [0.25, 0.3) is 0 Å². The van der Waals surface area contributed by atoms with E-state index in [2.05, 4.69) is 5.32 Å². The van der Waals surface area contributed by atoms with Gasteiger partial charge in [0.15, 0.2) is 6.10 Å². The van der Waals surface area contributed by atoms with Crippen LogP contribution in [0.4, 0.5) is 4.39 Å². The fourth-order valence-electron chi connectivity index (χ4n) is 1.34. The summed E-state index contributed by atoms with van der Waals surface area (Å²) < 4.78 is 17.7. The van der Waals surface area contributed by atoms with E-state index in [0.717, 1.165) is 12.1 Å². The minimum absolute atomic E-state index is 0.205. The molecule has 1 N–H and O–H groups in total. The molecule has 0 spiro atoms. The highest BCUT2D eigenvalue weighted by atomic mass is 19.1. The van der Waals surface area contributed by atoms with Gasteiger partial charge in [-0.25, -0.2) is 9.18 Å². The first-order valence-electron chi connectivity index (χ1n) is 5.97. The third-order valence-corrected chi connectivity index (χ3v) is 2.23. The zero-order chi connectivity index (χ0) is 14.6. The maximum atomic E-state index is 12.7. The number of benzene rings is 1. The molecule has 0 radical (unpaired) electrons. The summed E-state index contributed by atoms with van der Waals surface area (Å²) in [6.45, 7) is 6.99. The van der Waals surface area contributed by atoms with Crippen molar-refractivity contribution >= 4 is 11.9 Å². The second-order valence-electron chi connectivity index (χ2n) is 5.29. The van der Waals surface area contributed by atoms with Gasteiger partial charge in [-0.2, -0.15) is 0 Å². The van der Waals surface area contributed by atoms with E-state index in [1.54, 1.807) is 0 Å². The van der Waals surface area contributed by atoms with Crippen molar-refractivity contribution in [1.29, 1.82) is 0 Å². The van der Waals surface area contributed by atoms with Crippen molar-refractivity contribution in [2.45, 2.75) is 39.3 Å². The fraction of sp³-hybridized carbons (Fsp3) is 0.429. The first kappa shape index (κ1) is 15.1. The first-order valence-corrected chi connectivity index (χ1v) is 5.97. The molecule has 104 valence electrons. The monoisotopic (exact) mass is 267 g/mol. The van der Waals surface area contributed by atoms with E-state index in [9.17, 15) is 14.0 Å². The summed E-state index contributed by atoms with van der Waals surface area (Å²) in [4.78, 5) is 23.4. The maximum absolute atomic E-state index is 12.7. The van der Waals surface area contributed by atoms with Gasteiger partial charge in [-0.05, 0) is 52.0 Å². The van der Waals surface area contributed by atoms with E-state index in [4.69, 9.17) is 4.74 Å². The molecule has 0 saturated carbocycles. The zero-order valence-corrected chi connectivity index (χ0v) is 11.5. The Morgan fingerprint density at radius 1 is 1.21 bits per heavy atom. The highest BCUT2D eigenvalue weighted by Gasteiger charge is 2.22. The van der Waals surface area contributed by atoms with Gasteiger partial charge in [0.25, 0.3) is 5.91 Å². The highest BCUT2D eigenvalue weighted by molar-refractivity contribution is 5.92. The molecule has 1 unspecified atom stereocenters. The molecule has 0 saturated heterocycles. The van der Waals surface area contributed by atoms with Crippen molar-refractivity contribution in [3.05, 3.63) is 35.6 Å². The number of carbonyl (C=O) groups is 2. The topological polar surface area (TPSA) is 55.4 Å². The van der Waals surface area contributed by atoms with Gasteiger partial charge in [0.1, 0.15) is 5.82 Å². The maximum Gasteiger partial charge on any atom is 0.338 e. The fourth-order valence-corrected chi connectivity index (χ4v) is 1.34. The van der Waals surface area contributed by atoms with Gasteiger partial charge >= 0.3 is 5.97 Å². The summed E-state index contributed by atoms with van der Waals surface area (Å²) in [5, 5.41) is 2.71. The van der Waals surface area contributed by atoms with Gasteiger partial charge in [0.2, 0.25) is 0 Å². The van der Waals surface area contributed by atoms with Crippen LogP contribution in [0.5, 0.6) is 0 Å². The molecule has 4 nitrogen and oxygen atoms in total. The van der Waals surface area contributed by atoms with Crippen LogP contribution in [0.15, 0.2) is 24.3 Å². The van der Waals surface area contributed by atoms with Gasteiger partial charge < -0.3 is 10.1 Å². The van der Waals surface area contributed by atoms with E-state index < -0.39 is 23.4 Å². The standard InChI is InChI=1S/C14H18FNO3/c1-9(12(17)16-14(2,3)4)19-13(18)10-5-7-11(15)8-6-10/h5-9H,1-4H3,(H,16,17). The molecule has 1 rings (SSSR count). The number of nitrogens with one attached hydrogen (secondary N) is 1. The third-order valence-electron chi connectivity index (χ3n) is 2.23. The van der Waals surface area contributed by atoms with Gasteiger partial charge in [-0.15, -0.1) is 0 Å². The van der Waals surface area contributed by atoms with Crippen molar-refractivity contribution in [2.24, 2.45) is 0 Å². The van der Waals surface area contributed by atoms with Crippen molar-refractivity contribution < 1.29 is 18.7 Å². The molecule has 1 aromatic carbocycles. The normalized spacial score (nSPS) is 12.7. The summed E-state index contributed by atoms with van der Waals surface area (Å²) in [5.74, 6) is -1.46. The summed E-state index contributed by atoms with van der Waals surface area (Å²) in [7, 11) is 0. The highest BCUT2D eigenvalue weighted by Crippen LogP contribution is 2.07. The molecule has 19 heavy (non-hydrogen) atoms. The summed E-state index contributed by atoms with van der Waals surface area (Å²) in [6.07, 6.45) is -0.906. The number of halogens is 1. The van der Waals surface area contributed by atoms with Crippen LogP contribution in [-0.2, 0) is 9.53 Å². The van der Waals surface area contributed by atoms with Crippen LogP contribution in [-0.4, -0.2) is 23.5 Å². The molecule has 0 aliphatic carbocycles. The van der Waals surface area contributed by atoms with Gasteiger partial charge in [-0.1, -0.05) is 0 Å². The Bertz CT molecular complexity index is 463. The summed E-state index contributed by atoms with van der Waals surface area (Å²) >= 11 is 0. The second-order valence-corrected chi connectivity index (χ2v) is 5.29. The Morgan fingerprint density at radius 3 is 2.21 bits per heavy atom. The van der Waals surface area contributed by atoms with E-state index in [0.29, 0.717) is 0 Å². The summed E-state index contributed by atoms with van der Waals surface area (Å²) in [5.41, 5.74) is -0.190. The van der Waals surface area contributed by atoms with Gasteiger partial charge in [0, 0.05) is 5.54 Å². The Morgan fingerprint density at radius 2 is 1.74 bits per heavy atom. The first-order chi connectivity index (χ1) is 8.69. The number of esters is 1. The minimum atomic E-state index is -0.906. The third kappa shape index (κ3) is 5.07. The van der Waals surface area contributed by atoms with Crippen LogP contribution in [0.1, 0.15) is 38.1 Å². The van der Waals surface area contributed by atoms with E-state index in [-0.39, 0.29) is 11.5 Å². The predicted molar refractivity (Wildman–Crippen MR) is 69.2 cm³/mol. The predicted octanol–water partition coefficient (Wildman–Crippen LogP) is 2.29. The molecule has 5 heteroatoms. The molecular weight excluding hydrogens is 249 g/mol. The quantitative estimate of drug-likeness (QED) is 0.855. The average Bonchev–Trinajstić information content (AvgIpc) is 2.27. The van der Waals surface area contributed by atoms with Crippen molar-refractivity contribution in [3.63, 3.8) is 0 Å². The number of carbonyl (C=O) groups excluding carboxylic acids is 2. The van der Waals surface area contributed by atoms with E-state index in [1.165, 1.54) is 19.1 Å². The SMILES string of the molecule is CC(OC(=O)c1ccc(F)cc1)C(=O)NC(C)(C)C. The average molecular weight is 267 g/mol. The lowest BCUT2D eigenvalue weighted by Gasteiger charge is -2.23. The Kier molecular flexibility index (Phi) is 4.64. The molecular formula is C14H18FNO3. The van der Waals surface area contributed by atoms with Crippen LogP contribution in [0.2, 0.25) is 0 Å². The molecule has 0 fully saturated rings. The minimum Gasteiger partial charge on any atom is -0.449 e. The van der Waals surface area contributed by atoms with E-state index in [1.807, 2.05) is 20.8 Å². The molecule has 1 atom stereocenters. The van der Waals surface area contributed by atoms with Crippen LogP contribution in [0.3, 0.4) is 0 Å².